The predicted molar refractivity (Wildman–Crippen MR) is 301 cm³/mol. The van der Waals surface area contributed by atoms with Crippen molar-refractivity contribution in [1.29, 1.82) is 0 Å². The minimum absolute atomic E-state index is 0.159. The zero-order chi connectivity index (χ0) is 50.7. The Kier molecular flexibility index (Phi) is 51.3. The molecule has 1 unspecified atom stereocenters. The lowest BCUT2D eigenvalue weighted by Gasteiger charge is -2.18. The van der Waals surface area contributed by atoms with Crippen LogP contribution in [0.5, 0.6) is 0 Å². The molecule has 384 valence electrons. The molecule has 0 saturated carbocycles. The van der Waals surface area contributed by atoms with Crippen LogP contribution < -0.4 is 0 Å². The van der Waals surface area contributed by atoms with Gasteiger partial charge in [-0.05, 0) is 109 Å². The summed E-state index contributed by atoms with van der Waals surface area (Å²) in [6.07, 6.45) is 85.7. The van der Waals surface area contributed by atoms with E-state index in [0.717, 1.165) is 83.5 Å². The fourth-order valence-electron chi connectivity index (χ4n) is 6.11. The van der Waals surface area contributed by atoms with Crippen molar-refractivity contribution in [2.75, 3.05) is 13.2 Å². The van der Waals surface area contributed by atoms with Gasteiger partial charge in [0, 0.05) is 19.3 Å². The predicted octanol–water partition coefficient (Wildman–Crippen LogP) is 17.9. The highest BCUT2D eigenvalue weighted by atomic mass is 16.6. The van der Waals surface area contributed by atoms with E-state index in [4.69, 9.17) is 14.2 Å². The lowest BCUT2D eigenvalue weighted by atomic mass is 10.1. The number of hydrogen-bond acceptors (Lipinski definition) is 6. The van der Waals surface area contributed by atoms with E-state index in [9.17, 15) is 14.4 Å². The molecule has 0 fully saturated rings. The maximum Gasteiger partial charge on any atom is 0.306 e. The second-order valence-corrected chi connectivity index (χ2v) is 16.5. The first-order chi connectivity index (χ1) is 34.5. The number of hydrogen-bond donors (Lipinski definition) is 0. The van der Waals surface area contributed by atoms with Crippen LogP contribution in [0.3, 0.4) is 0 Å². The summed E-state index contributed by atoms with van der Waals surface area (Å²) in [5.41, 5.74) is 0. The minimum Gasteiger partial charge on any atom is -0.462 e. The number of carbonyl (C=O) groups is 3. The van der Waals surface area contributed by atoms with E-state index in [1.807, 2.05) is 85.1 Å². The Morgan fingerprint density at radius 3 is 1.14 bits per heavy atom. The van der Waals surface area contributed by atoms with Gasteiger partial charge in [-0.15, -0.1) is 0 Å². The molecule has 0 aliphatic heterocycles. The van der Waals surface area contributed by atoms with Crippen LogP contribution in [-0.2, 0) is 28.6 Å². The van der Waals surface area contributed by atoms with Crippen LogP contribution in [0.4, 0.5) is 0 Å². The van der Waals surface area contributed by atoms with Crippen LogP contribution in [0.2, 0.25) is 0 Å². The summed E-state index contributed by atoms with van der Waals surface area (Å²) in [5.74, 6) is -1.16. The zero-order valence-corrected chi connectivity index (χ0v) is 43.7. The van der Waals surface area contributed by atoms with Crippen LogP contribution in [0.25, 0.3) is 0 Å². The Morgan fingerprint density at radius 2 is 0.671 bits per heavy atom. The largest absolute Gasteiger partial charge is 0.462 e. The Balaban J connectivity index is 4.74. The second-order valence-electron chi connectivity index (χ2n) is 16.5. The number of carbonyl (C=O) groups excluding carboxylic acids is 3. The average molecular weight is 957 g/mol. The number of rotatable bonds is 44. The molecule has 0 aliphatic rings. The summed E-state index contributed by atoms with van der Waals surface area (Å²) in [7, 11) is 0. The van der Waals surface area contributed by atoms with E-state index in [1.165, 1.54) is 25.7 Å². The molecule has 0 heterocycles. The molecule has 0 rings (SSSR count). The third kappa shape index (κ3) is 53.2. The van der Waals surface area contributed by atoms with Crippen molar-refractivity contribution >= 4 is 17.9 Å². The molecule has 6 nitrogen and oxygen atoms in total. The van der Waals surface area contributed by atoms with Gasteiger partial charge in [-0.3, -0.25) is 14.4 Å². The normalized spacial score (nSPS) is 13.7. The molecular formula is C64H92O6. The van der Waals surface area contributed by atoms with Gasteiger partial charge in [0.1, 0.15) is 13.2 Å². The Bertz CT molecular complexity index is 1760. The minimum atomic E-state index is -0.869. The van der Waals surface area contributed by atoms with Crippen LogP contribution >= 0.6 is 0 Å². The van der Waals surface area contributed by atoms with E-state index in [2.05, 4.69) is 130 Å². The smallest absolute Gasteiger partial charge is 0.306 e. The van der Waals surface area contributed by atoms with E-state index in [-0.39, 0.29) is 38.4 Å². The first-order valence-electron chi connectivity index (χ1n) is 26.5. The maximum atomic E-state index is 12.8. The molecule has 0 N–H and O–H groups in total. The molecule has 0 saturated heterocycles. The molecule has 0 radical (unpaired) electrons. The first kappa shape index (κ1) is 64.2. The summed E-state index contributed by atoms with van der Waals surface area (Å²) in [4.78, 5) is 38.0. The summed E-state index contributed by atoms with van der Waals surface area (Å²) >= 11 is 0. The summed E-state index contributed by atoms with van der Waals surface area (Å²) in [5, 5.41) is 0. The highest BCUT2D eigenvalue weighted by Gasteiger charge is 2.19. The average Bonchev–Trinajstić information content (AvgIpc) is 3.36. The molecule has 0 aromatic rings. The van der Waals surface area contributed by atoms with Crippen LogP contribution in [0.15, 0.2) is 194 Å². The monoisotopic (exact) mass is 957 g/mol. The SMILES string of the molecule is CC\C=C/C=C\C=C/C=C\C=C\C=C/C=C\CCCCCC(=O)OCC(COC(=O)CC/C=C\C/C=C\C/C=C\C/C=C\C/C=C\CC)OC(=O)CCC/C=C\C/C=C\C/C=C\C/C=C\CCCCC. The summed E-state index contributed by atoms with van der Waals surface area (Å²) in [6.45, 7) is 6.16. The molecule has 0 bridgehead atoms. The molecule has 1 atom stereocenters. The molecule has 0 aromatic carbocycles. The van der Waals surface area contributed by atoms with Crippen LogP contribution in [0, 0.1) is 0 Å². The lowest BCUT2D eigenvalue weighted by molar-refractivity contribution is -0.166. The fraction of sp³-hybridized carbons (Fsp3) is 0.453. The van der Waals surface area contributed by atoms with E-state index >= 15 is 0 Å². The van der Waals surface area contributed by atoms with E-state index < -0.39 is 18.0 Å². The van der Waals surface area contributed by atoms with Crippen molar-refractivity contribution in [2.45, 2.75) is 175 Å². The van der Waals surface area contributed by atoms with Crippen molar-refractivity contribution in [2.24, 2.45) is 0 Å². The Hall–Kier alpha value is -5.75. The number of unbranched alkanes of at least 4 members (excludes halogenated alkanes) is 7. The second kappa shape index (κ2) is 55.8. The standard InChI is InChI=1S/C64H92O6/c1-4-7-10-13-16-19-22-25-28-31-32-34-36-39-42-45-48-51-54-57-63(66)69-60-61(59-68-62(65)56-53-50-47-44-41-38-35-30-27-24-21-18-15-12-9-6-3)70-64(67)58-55-52-49-46-43-40-37-33-29-26-23-20-17-14-11-8-5-2/h7,9-10,12-13,16-22,25-32,34,36-42,46-47,49-50,61H,4-6,8,11,14-15,23-24,33,35,43-45,48,51-60H2,1-3H3/b10-7-,12-9-,16-13-,20-17-,21-18-,22-19-,28-25-,29-26-,30-27-,32-31+,36-34-,40-37-,41-38-,42-39-,49-46-,50-47-. The van der Waals surface area contributed by atoms with Gasteiger partial charge in [0.25, 0.3) is 0 Å². The van der Waals surface area contributed by atoms with Gasteiger partial charge in [-0.2, -0.15) is 0 Å². The molecule has 0 amide bonds. The van der Waals surface area contributed by atoms with Gasteiger partial charge in [0.2, 0.25) is 0 Å². The maximum absolute atomic E-state index is 12.8. The molecule has 0 spiro atoms. The number of allylic oxidation sites excluding steroid dienone is 32. The van der Waals surface area contributed by atoms with Crippen LogP contribution in [0.1, 0.15) is 168 Å². The van der Waals surface area contributed by atoms with Gasteiger partial charge in [-0.1, -0.05) is 234 Å². The molecule has 0 aliphatic carbocycles. The zero-order valence-electron chi connectivity index (χ0n) is 43.7. The van der Waals surface area contributed by atoms with Crippen molar-refractivity contribution < 1.29 is 28.6 Å². The van der Waals surface area contributed by atoms with Crippen LogP contribution in [-0.4, -0.2) is 37.2 Å². The third-order valence-electron chi connectivity index (χ3n) is 10.0. The van der Waals surface area contributed by atoms with Gasteiger partial charge in [-0.25, -0.2) is 0 Å². The highest BCUT2D eigenvalue weighted by molar-refractivity contribution is 5.71. The first-order valence-corrected chi connectivity index (χ1v) is 26.5. The van der Waals surface area contributed by atoms with E-state index in [0.29, 0.717) is 19.3 Å². The van der Waals surface area contributed by atoms with Crippen molar-refractivity contribution in [3.63, 3.8) is 0 Å². The van der Waals surface area contributed by atoms with Gasteiger partial charge in [0.15, 0.2) is 6.10 Å². The molecule has 6 heteroatoms. The molecular weight excluding hydrogens is 865 g/mol. The number of esters is 3. The molecule has 70 heavy (non-hydrogen) atoms. The highest BCUT2D eigenvalue weighted by Crippen LogP contribution is 2.09. The van der Waals surface area contributed by atoms with E-state index in [1.54, 1.807) is 0 Å². The van der Waals surface area contributed by atoms with Crippen molar-refractivity contribution in [1.82, 2.24) is 0 Å². The Labute approximate surface area is 427 Å². The third-order valence-corrected chi connectivity index (χ3v) is 10.0. The van der Waals surface area contributed by atoms with Gasteiger partial charge < -0.3 is 14.2 Å². The molecule has 0 aromatic heterocycles. The van der Waals surface area contributed by atoms with Crippen molar-refractivity contribution in [3.8, 4) is 0 Å². The topological polar surface area (TPSA) is 78.9 Å². The van der Waals surface area contributed by atoms with Crippen molar-refractivity contribution in [3.05, 3.63) is 194 Å². The lowest BCUT2D eigenvalue weighted by Crippen LogP contribution is -2.30. The number of ether oxygens (including phenoxy) is 3. The summed E-state index contributed by atoms with van der Waals surface area (Å²) in [6, 6.07) is 0. The summed E-state index contributed by atoms with van der Waals surface area (Å²) < 4.78 is 16.6. The fourth-order valence-corrected chi connectivity index (χ4v) is 6.11. The van der Waals surface area contributed by atoms with Gasteiger partial charge in [0.05, 0.1) is 0 Å². The Morgan fingerprint density at radius 1 is 0.314 bits per heavy atom. The van der Waals surface area contributed by atoms with Gasteiger partial charge >= 0.3 is 17.9 Å². The quantitative estimate of drug-likeness (QED) is 0.0199.